The summed E-state index contributed by atoms with van der Waals surface area (Å²) in [5.74, 6) is 0.707. The van der Waals surface area contributed by atoms with Gasteiger partial charge in [-0.1, -0.05) is 25.7 Å². The van der Waals surface area contributed by atoms with Gasteiger partial charge in [0.1, 0.15) is 23.2 Å². The molecule has 37 heavy (non-hydrogen) atoms. The average molecular weight is 522 g/mol. The number of imidazole rings is 1. The Morgan fingerprint density at radius 3 is 2.43 bits per heavy atom. The Hall–Kier alpha value is -3.46. The van der Waals surface area contributed by atoms with Crippen LogP contribution in [0.4, 0.5) is 14.5 Å². The highest BCUT2D eigenvalue weighted by Gasteiger charge is 2.32. The smallest absolute Gasteiger partial charge is 0.145 e. The summed E-state index contributed by atoms with van der Waals surface area (Å²) in [6.07, 6.45) is 7.67. The van der Waals surface area contributed by atoms with E-state index >= 15 is 8.78 Å². The summed E-state index contributed by atoms with van der Waals surface area (Å²) in [4.78, 5) is 9.14. The van der Waals surface area contributed by atoms with E-state index in [2.05, 4.69) is 22.1 Å². The highest BCUT2D eigenvalue weighted by atomic mass is 28.3. The molecule has 0 N–H and O–H groups in total. The standard InChI is InChI=1S/C28H33F2N5OSi/c1-19-17-33(18-32-19)25-9-8-20(14-26(25)36-2)13-21-7-6-11-35-28(21)31-10-12-34(35)22-15-23(29)27(24(30)16-22)37(3,4)5/h8-9,13-18H,6-7,10-12H2,1-5H3/b21-13+. The van der Waals surface area contributed by atoms with Crippen molar-refractivity contribution in [1.29, 1.82) is 0 Å². The monoisotopic (exact) mass is 521 g/mol. The zero-order valence-electron chi connectivity index (χ0n) is 22.1. The van der Waals surface area contributed by atoms with E-state index in [-0.39, 0.29) is 5.19 Å². The van der Waals surface area contributed by atoms with E-state index < -0.39 is 19.7 Å². The van der Waals surface area contributed by atoms with E-state index in [9.17, 15) is 0 Å². The number of hydrazine groups is 1. The van der Waals surface area contributed by atoms with Gasteiger partial charge in [0.05, 0.1) is 51.7 Å². The van der Waals surface area contributed by atoms with Crippen LogP contribution < -0.4 is 14.9 Å². The molecule has 1 aromatic heterocycles. The van der Waals surface area contributed by atoms with Crippen molar-refractivity contribution in [2.75, 3.05) is 31.8 Å². The molecule has 2 aliphatic heterocycles. The number of aromatic nitrogens is 2. The fourth-order valence-corrected chi connectivity index (χ4v) is 6.75. The van der Waals surface area contributed by atoms with Crippen LogP contribution >= 0.6 is 0 Å². The average Bonchev–Trinajstić information content (AvgIpc) is 3.28. The van der Waals surface area contributed by atoms with Gasteiger partial charge in [0, 0.05) is 17.9 Å². The number of halogens is 2. The quantitative estimate of drug-likeness (QED) is 0.426. The molecule has 0 radical (unpaired) electrons. The lowest BCUT2D eigenvalue weighted by Crippen LogP contribution is -2.54. The van der Waals surface area contributed by atoms with E-state index in [0.29, 0.717) is 18.8 Å². The maximum absolute atomic E-state index is 15.1. The summed E-state index contributed by atoms with van der Waals surface area (Å²) in [7, 11) is -0.483. The van der Waals surface area contributed by atoms with Crippen molar-refractivity contribution in [2.45, 2.75) is 39.4 Å². The lowest BCUT2D eigenvalue weighted by atomic mass is 10.00. The van der Waals surface area contributed by atoms with Gasteiger partial charge in [-0.15, -0.1) is 0 Å². The third-order valence-corrected chi connectivity index (χ3v) is 8.80. The molecular formula is C28H33F2N5OSi. The van der Waals surface area contributed by atoms with Gasteiger partial charge in [-0.2, -0.15) is 0 Å². The highest BCUT2D eigenvalue weighted by Crippen LogP contribution is 2.31. The summed E-state index contributed by atoms with van der Waals surface area (Å²) in [5, 5.41) is 4.30. The topological polar surface area (TPSA) is 45.9 Å². The SMILES string of the molecule is COc1cc(/C=C2\CCCN3C2=NCCN3c2cc(F)c([Si](C)(C)C)c(F)c2)ccc1-n1cnc(C)c1. The summed E-state index contributed by atoms with van der Waals surface area (Å²) in [6.45, 7) is 9.71. The van der Waals surface area contributed by atoms with Crippen molar-refractivity contribution in [2.24, 2.45) is 4.99 Å². The molecule has 0 unspecified atom stereocenters. The van der Waals surface area contributed by atoms with Crippen molar-refractivity contribution in [3.05, 3.63) is 71.3 Å². The first-order valence-electron chi connectivity index (χ1n) is 12.6. The van der Waals surface area contributed by atoms with Gasteiger partial charge in [-0.05, 0) is 61.2 Å². The Balaban J connectivity index is 1.45. The van der Waals surface area contributed by atoms with Gasteiger partial charge in [0.25, 0.3) is 0 Å². The maximum atomic E-state index is 15.1. The van der Waals surface area contributed by atoms with Crippen molar-refractivity contribution in [3.8, 4) is 11.4 Å². The molecule has 2 aliphatic rings. The van der Waals surface area contributed by atoms with Crippen molar-refractivity contribution < 1.29 is 13.5 Å². The molecule has 0 saturated carbocycles. The molecular weight excluding hydrogens is 488 g/mol. The number of aryl methyl sites for hydroxylation is 1. The second-order valence-corrected chi connectivity index (χ2v) is 15.6. The molecule has 3 aromatic rings. The number of aliphatic imine (C=N–C) groups is 1. The van der Waals surface area contributed by atoms with Crippen LogP contribution in [0.25, 0.3) is 11.8 Å². The number of nitrogens with zero attached hydrogens (tertiary/aromatic N) is 5. The second kappa shape index (κ2) is 9.78. The number of rotatable bonds is 5. The molecule has 2 aromatic carbocycles. The molecule has 6 nitrogen and oxygen atoms in total. The first-order valence-corrected chi connectivity index (χ1v) is 16.1. The van der Waals surface area contributed by atoms with Gasteiger partial charge < -0.3 is 9.30 Å². The zero-order chi connectivity index (χ0) is 26.3. The van der Waals surface area contributed by atoms with Crippen molar-refractivity contribution in [3.63, 3.8) is 0 Å². The van der Waals surface area contributed by atoms with Crippen LogP contribution in [0.1, 0.15) is 24.1 Å². The van der Waals surface area contributed by atoms with Crippen LogP contribution in [0.2, 0.25) is 19.6 Å². The number of methoxy groups -OCH3 is 1. The molecule has 0 bridgehead atoms. The van der Waals surface area contributed by atoms with Crippen molar-refractivity contribution >= 4 is 30.9 Å². The molecule has 0 amide bonds. The van der Waals surface area contributed by atoms with E-state index in [1.807, 2.05) is 54.5 Å². The van der Waals surface area contributed by atoms with E-state index in [1.165, 1.54) is 12.1 Å². The van der Waals surface area contributed by atoms with Gasteiger partial charge in [0.2, 0.25) is 0 Å². The number of hydrogen-bond donors (Lipinski definition) is 0. The number of piperidine rings is 1. The van der Waals surface area contributed by atoms with Crippen LogP contribution in [-0.4, -0.2) is 55.2 Å². The van der Waals surface area contributed by atoms with E-state index in [1.54, 1.807) is 13.4 Å². The van der Waals surface area contributed by atoms with Crippen LogP contribution in [0.5, 0.6) is 5.75 Å². The first-order chi connectivity index (χ1) is 17.7. The number of benzene rings is 2. The van der Waals surface area contributed by atoms with Crippen molar-refractivity contribution in [1.82, 2.24) is 14.6 Å². The number of fused-ring (bicyclic) bond motifs is 1. The Morgan fingerprint density at radius 2 is 1.78 bits per heavy atom. The Morgan fingerprint density at radius 1 is 1.03 bits per heavy atom. The summed E-state index contributed by atoms with van der Waals surface area (Å²) in [6, 6.07) is 9.06. The molecule has 5 rings (SSSR count). The lowest BCUT2D eigenvalue weighted by Gasteiger charge is -2.44. The van der Waals surface area contributed by atoms with Crippen LogP contribution in [0.3, 0.4) is 0 Å². The normalized spacial score (nSPS) is 17.2. The van der Waals surface area contributed by atoms with Crippen LogP contribution in [0.15, 0.2) is 53.4 Å². The minimum Gasteiger partial charge on any atom is -0.495 e. The summed E-state index contributed by atoms with van der Waals surface area (Å²) in [5.41, 5.74) is 4.50. The third-order valence-electron chi connectivity index (χ3n) is 6.82. The predicted molar refractivity (Wildman–Crippen MR) is 148 cm³/mol. The fraction of sp³-hybridized carbons (Fsp3) is 0.357. The van der Waals surface area contributed by atoms with Gasteiger partial charge in [0.15, 0.2) is 0 Å². The first kappa shape index (κ1) is 25.2. The third kappa shape index (κ3) is 4.92. The fourth-order valence-electron chi connectivity index (χ4n) is 5.17. The molecule has 194 valence electrons. The lowest BCUT2D eigenvalue weighted by molar-refractivity contribution is 0.347. The van der Waals surface area contributed by atoms with E-state index in [0.717, 1.165) is 53.5 Å². The molecule has 0 aliphatic carbocycles. The van der Waals surface area contributed by atoms with Gasteiger partial charge in [-0.3, -0.25) is 15.0 Å². The van der Waals surface area contributed by atoms with Crippen LogP contribution in [-0.2, 0) is 0 Å². The largest absolute Gasteiger partial charge is 0.495 e. The number of anilines is 1. The second-order valence-electron chi connectivity index (χ2n) is 10.6. The molecule has 0 atom stereocenters. The molecule has 0 spiro atoms. The molecule has 1 fully saturated rings. The molecule has 3 heterocycles. The minimum atomic E-state index is -2.15. The predicted octanol–water partition coefficient (Wildman–Crippen LogP) is 5.33. The summed E-state index contributed by atoms with van der Waals surface area (Å²) < 4.78 is 37.8. The van der Waals surface area contributed by atoms with Gasteiger partial charge >= 0.3 is 0 Å². The Kier molecular flexibility index (Phi) is 6.66. The van der Waals surface area contributed by atoms with Crippen LogP contribution in [0, 0.1) is 18.6 Å². The Bertz CT molecular complexity index is 1370. The number of amidine groups is 1. The number of ether oxygens (including phenoxy) is 1. The molecule has 9 heteroatoms. The van der Waals surface area contributed by atoms with Gasteiger partial charge in [-0.25, -0.2) is 13.8 Å². The number of hydrogen-bond acceptors (Lipinski definition) is 5. The van der Waals surface area contributed by atoms with E-state index in [4.69, 9.17) is 9.73 Å². The highest BCUT2D eigenvalue weighted by molar-refractivity contribution is 6.88. The zero-order valence-corrected chi connectivity index (χ0v) is 23.1. The molecule has 1 saturated heterocycles. The maximum Gasteiger partial charge on any atom is 0.145 e. The Labute approximate surface area is 217 Å². The minimum absolute atomic E-state index is 0.254. The summed E-state index contributed by atoms with van der Waals surface area (Å²) >= 11 is 0.